The molecule has 2 aromatic heterocycles. The van der Waals surface area contributed by atoms with E-state index in [2.05, 4.69) is 15.5 Å². The van der Waals surface area contributed by atoms with Crippen molar-refractivity contribution in [2.24, 2.45) is 0 Å². The van der Waals surface area contributed by atoms with Crippen molar-refractivity contribution >= 4 is 23.2 Å². The predicted molar refractivity (Wildman–Crippen MR) is 91.9 cm³/mol. The third-order valence-electron chi connectivity index (χ3n) is 4.10. The molecule has 7 heteroatoms. The molecule has 1 aliphatic rings. The zero-order chi connectivity index (χ0) is 16.8. The summed E-state index contributed by atoms with van der Waals surface area (Å²) >= 11 is 1.35. The number of hydrogen-bond donors (Lipinski definition) is 2. The first-order chi connectivity index (χ1) is 11.7. The van der Waals surface area contributed by atoms with Gasteiger partial charge >= 0.3 is 0 Å². The lowest BCUT2D eigenvalue weighted by Crippen LogP contribution is -2.41. The molecule has 2 aromatic rings. The molecule has 1 fully saturated rings. The first-order valence-corrected chi connectivity index (χ1v) is 8.98. The van der Waals surface area contributed by atoms with E-state index in [1.807, 2.05) is 23.6 Å². The van der Waals surface area contributed by atoms with Crippen molar-refractivity contribution in [1.29, 1.82) is 0 Å². The summed E-state index contributed by atoms with van der Waals surface area (Å²) in [6.45, 7) is 2.47. The second-order valence-corrected chi connectivity index (χ2v) is 6.69. The summed E-state index contributed by atoms with van der Waals surface area (Å²) in [6, 6.07) is 7.39. The highest BCUT2D eigenvalue weighted by Gasteiger charge is 2.25. The highest BCUT2D eigenvalue weighted by atomic mass is 32.1. The van der Waals surface area contributed by atoms with E-state index in [0.717, 1.165) is 18.8 Å². The number of nitrogens with zero attached hydrogens (tertiary/aromatic N) is 1. The first-order valence-electron chi connectivity index (χ1n) is 8.10. The Hall–Kier alpha value is -2.12. The minimum atomic E-state index is -0.220. The Morgan fingerprint density at radius 1 is 1.21 bits per heavy atom. The Morgan fingerprint density at radius 3 is 2.71 bits per heavy atom. The van der Waals surface area contributed by atoms with Gasteiger partial charge in [-0.25, -0.2) is 0 Å². The molecular weight excluding hydrogens is 326 g/mol. The number of nitrogens with one attached hydrogen (secondary N) is 2. The van der Waals surface area contributed by atoms with E-state index in [1.165, 1.54) is 24.2 Å². The van der Waals surface area contributed by atoms with Crippen LogP contribution in [-0.2, 0) is 4.79 Å². The number of rotatable bonds is 7. The first kappa shape index (κ1) is 16.7. The number of thiophene rings is 1. The molecule has 24 heavy (non-hydrogen) atoms. The van der Waals surface area contributed by atoms with Gasteiger partial charge in [0.25, 0.3) is 5.91 Å². The van der Waals surface area contributed by atoms with Crippen LogP contribution in [-0.4, -0.2) is 42.9 Å². The van der Waals surface area contributed by atoms with Crippen LogP contribution in [0, 0.1) is 0 Å². The van der Waals surface area contributed by atoms with E-state index in [1.54, 1.807) is 12.3 Å². The molecule has 2 N–H and O–H groups in total. The smallest absolute Gasteiger partial charge is 0.261 e. The van der Waals surface area contributed by atoms with E-state index in [-0.39, 0.29) is 24.4 Å². The van der Waals surface area contributed by atoms with Crippen molar-refractivity contribution in [3.8, 4) is 0 Å². The van der Waals surface area contributed by atoms with Crippen LogP contribution < -0.4 is 10.6 Å². The van der Waals surface area contributed by atoms with Crippen molar-refractivity contribution in [3.63, 3.8) is 0 Å². The van der Waals surface area contributed by atoms with Crippen LogP contribution in [0.5, 0.6) is 0 Å². The molecule has 0 saturated carbocycles. The molecule has 128 valence electrons. The lowest BCUT2D eigenvalue weighted by atomic mass is 10.2. The Balaban J connectivity index is 1.49. The van der Waals surface area contributed by atoms with Crippen molar-refractivity contribution in [2.75, 3.05) is 26.2 Å². The monoisotopic (exact) mass is 347 g/mol. The lowest BCUT2D eigenvalue weighted by Gasteiger charge is -2.26. The third kappa shape index (κ3) is 4.24. The second kappa shape index (κ2) is 8.12. The minimum Gasteiger partial charge on any atom is -0.468 e. The van der Waals surface area contributed by atoms with E-state index in [4.69, 9.17) is 4.42 Å². The summed E-state index contributed by atoms with van der Waals surface area (Å²) in [5.74, 6) is 0.442. The zero-order valence-corrected chi connectivity index (χ0v) is 14.2. The molecular formula is C17H21N3O3S. The number of hydrogen-bond acceptors (Lipinski definition) is 5. The quantitative estimate of drug-likeness (QED) is 0.804. The van der Waals surface area contributed by atoms with E-state index < -0.39 is 0 Å². The van der Waals surface area contributed by atoms with Crippen molar-refractivity contribution < 1.29 is 14.0 Å². The van der Waals surface area contributed by atoms with Gasteiger partial charge in [0.2, 0.25) is 5.91 Å². The van der Waals surface area contributed by atoms with Crippen LogP contribution in [0.25, 0.3) is 0 Å². The Morgan fingerprint density at radius 2 is 2.04 bits per heavy atom. The van der Waals surface area contributed by atoms with Gasteiger partial charge < -0.3 is 15.1 Å². The van der Waals surface area contributed by atoms with E-state index in [0.29, 0.717) is 11.4 Å². The number of furan rings is 1. The fourth-order valence-corrected chi connectivity index (χ4v) is 3.51. The van der Waals surface area contributed by atoms with Gasteiger partial charge in [-0.15, -0.1) is 11.3 Å². The SMILES string of the molecule is O=C(CNC(=O)c1cccs1)NC[C@@H](c1ccco1)N1CCCC1. The van der Waals surface area contributed by atoms with Gasteiger partial charge in [-0.2, -0.15) is 0 Å². The molecule has 1 atom stereocenters. The minimum absolute atomic E-state index is 0.0262. The molecule has 0 radical (unpaired) electrons. The standard InChI is InChI=1S/C17H21N3O3S/c21-16(12-19-17(22)15-6-4-10-24-15)18-11-13(14-5-3-9-23-14)20-7-1-2-8-20/h3-6,9-10,13H,1-2,7-8,11-12H2,(H,18,21)(H,19,22)/t13-/m0/s1. The Labute approximate surface area is 144 Å². The van der Waals surface area contributed by atoms with Gasteiger partial charge in [0, 0.05) is 6.54 Å². The molecule has 0 unspecified atom stereocenters. The molecule has 0 spiro atoms. The average molecular weight is 347 g/mol. The van der Waals surface area contributed by atoms with Crippen molar-refractivity contribution in [1.82, 2.24) is 15.5 Å². The number of carbonyl (C=O) groups is 2. The maximum Gasteiger partial charge on any atom is 0.261 e. The van der Waals surface area contributed by atoms with Crippen LogP contribution >= 0.6 is 11.3 Å². The average Bonchev–Trinajstić information content (AvgIpc) is 3.35. The molecule has 0 aliphatic carbocycles. The number of amides is 2. The summed E-state index contributed by atoms with van der Waals surface area (Å²) in [6.07, 6.45) is 3.99. The van der Waals surface area contributed by atoms with Crippen LogP contribution in [0.15, 0.2) is 40.3 Å². The highest BCUT2D eigenvalue weighted by Crippen LogP contribution is 2.24. The van der Waals surface area contributed by atoms with Gasteiger partial charge in [0.1, 0.15) is 5.76 Å². The lowest BCUT2D eigenvalue weighted by molar-refractivity contribution is -0.120. The Bertz CT molecular complexity index is 649. The normalized spacial score (nSPS) is 16.0. The molecule has 1 saturated heterocycles. The Kier molecular flexibility index (Phi) is 5.66. The molecule has 3 heterocycles. The predicted octanol–water partition coefficient (Wildman–Crippen LogP) is 2.02. The number of likely N-dealkylation sites (tertiary alicyclic amines) is 1. The van der Waals surface area contributed by atoms with Gasteiger partial charge in [-0.05, 0) is 49.5 Å². The summed E-state index contributed by atoms with van der Waals surface area (Å²) in [4.78, 5) is 26.8. The fourth-order valence-electron chi connectivity index (χ4n) is 2.87. The van der Waals surface area contributed by atoms with E-state index in [9.17, 15) is 9.59 Å². The molecule has 0 aromatic carbocycles. The van der Waals surface area contributed by atoms with Crippen LogP contribution in [0.2, 0.25) is 0 Å². The third-order valence-corrected chi connectivity index (χ3v) is 4.97. The van der Waals surface area contributed by atoms with Crippen LogP contribution in [0.4, 0.5) is 0 Å². The van der Waals surface area contributed by atoms with Gasteiger partial charge in [0.05, 0.1) is 23.7 Å². The molecule has 2 amide bonds. The van der Waals surface area contributed by atoms with Gasteiger partial charge in [-0.3, -0.25) is 14.5 Å². The zero-order valence-electron chi connectivity index (χ0n) is 13.4. The van der Waals surface area contributed by atoms with E-state index >= 15 is 0 Å². The molecule has 6 nitrogen and oxygen atoms in total. The van der Waals surface area contributed by atoms with Crippen LogP contribution in [0.3, 0.4) is 0 Å². The molecule has 1 aliphatic heterocycles. The van der Waals surface area contributed by atoms with Crippen molar-refractivity contribution in [2.45, 2.75) is 18.9 Å². The summed E-state index contributed by atoms with van der Waals surface area (Å²) in [7, 11) is 0. The molecule has 0 bridgehead atoms. The van der Waals surface area contributed by atoms with Gasteiger partial charge in [-0.1, -0.05) is 6.07 Å². The fraction of sp³-hybridized carbons (Fsp3) is 0.412. The topological polar surface area (TPSA) is 74.6 Å². The second-order valence-electron chi connectivity index (χ2n) is 5.74. The summed E-state index contributed by atoms with van der Waals surface area (Å²) in [5.41, 5.74) is 0. The maximum absolute atomic E-state index is 12.0. The van der Waals surface area contributed by atoms with Crippen LogP contribution in [0.1, 0.15) is 34.3 Å². The molecule has 3 rings (SSSR count). The summed E-state index contributed by atoms with van der Waals surface area (Å²) < 4.78 is 5.53. The maximum atomic E-state index is 12.0. The van der Waals surface area contributed by atoms with Crippen molar-refractivity contribution in [3.05, 3.63) is 46.5 Å². The van der Waals surface area contributed by atoms with Gasteiger partial charge in [0.15, 0.2) is 0 Å². The highest BCUT2D eigenvalue weighted by molar-refractivity contribution is 7.12. The summed E-state index contributed by atoms with van der Waals surface area (Å²) in [5, 5.41) is 7.36. The number of carbonyl (C=O) groups excluding carboxylic acids is 2. The largest absolute Gasteiger partial charge is 0.468 e.